The third kappa shape index (κ3) is 2.96. The summed E-state index contributed by atoms with van der Waals surface area (Å²) < 4.78 is 12.7. The van der Waals surface area contributed by atoms with Gasteiger partial charge in [-0.05, 0) is 12.5 Å². The summed E-state index contributed by atoms with van der Waals surface area (Å²) >= 11 is 0. The Bertz CT molecular complexity index is 353. The molecule has 0 unspecified atom stereocenters. The second-order valence-electron chi connectivity index (χ2n) is 4.34. The van der Waals surface area contributed by atoms with Gasteiger partial charge in [0.1, 0.15) is 5.75 Å². The topological polar surface area (TPSA) is 35.5 Å². The molecule has 1 aromatic rings. The predicted molar refractivity (Wildman–Crippen MR) is 65.9 cm³/mol. The summed E-state index contributed by atoms with van der Waals surface area (Å²) in [6, 6.07) is 7.23. The fraction of sp³-hybridized carbons (Fsp3) is 0.538. The summed E-state index contributed by atoms with van der Waals surface area (Å²) in [5.41, 5.74) is 0.840. The number of hydrogen-bond acceptors (Lipinski definition) is 3. The molecular formula is C13H19FN2O. The van der Waals surface area contributed by atoms with Crippen LogP contribution in [0.25, 0.3) is 0 Å². The van der Waals surface area contributed by atoms with E-state index in [2.05, 4.69) is 10.2 Å². The van der Waals surface area contributed by atoms with Crippen LogP contribution in [0.5, 0.6) is 5.75 Å². The van der Waals surface area contributed by atoms with E-state index >= 15 is 0 Å². The number of nitrogens with one attached hydrogen (secondary N) is 1. The summed E-state index contributed by atoms with van der Waals surface area (Å²) in [7, 11) is 0. The molecule has 4 heteroatoms. The molecule has 2 rings (SSSR count). The molecule has 1 fully saturated rings. The van der Waals surface area contributed by atoms with Gasteiger partial charge in [-0.2, -0.15) is 0 Å². The highest BCUT2D eigenvalue weighted by molar-refractivity contribution is 5.34. The molecule has 1 heterocycles. The normalized spacial score (nSPS) is 19.1. The lowest BCUT2D eigenvalue weighted by Crippen LogP contribution is -2.45. The quantitative estimate of drug-likeness (QED) is 0.838. The van der Waals surface area contributed by atoms with E-state index in [1.54, 1.807) is 12.1 Å². The highest BCUT2D eigenvalue weighted by Crippen LogP contribution is 2.31. The van der Waals surface area contributed by atoms with Crippen LogP contribution in [0.2, 0.25) is 0 Å². The number of para-hydroxylation sites is 1. The average molecular weight is 238 g/mol. The molecule has 17 heavy (non-hydrogen) atoms. The molecule has 0 aliphatic carbocycles. The van der Waals surface area contributed by atoms with E-state index in [0.29, 0.717) is 6.42 Å². The first-order valence-corrected chi connectivity index (χ1v) is 6.11. The first kappa shape index (κ1) is 12.3. The third-order valence-corrected chi connectivity index (χ3v) is 3.27. The van der Waals surface area contributed by atoms with E-state index < -0.39 is 0 Å². The Morgan fingerprint density at radius 2 is 2.00 bits per heavy atom. The maximum atomic E-state index is 12.7. The van der Waals surface area contributed by atoms with Crippen molar-refractivity contribution in [2.45, 2.75) is 12.5 Å². The van der Waals surface area contributed by atoms with Crippen LogP contribution in [-0.4, -0.2) is 42.9 Å². The van der Waals surface area contributed by atoms with Crippen LogP contribution < -0.4 is 5.32 Å². The van der Waals surface area contributed by atoms with Crippen molar-refractivity contribution in [3.8, 4) is 5.75 Å². The lowest BCUT2D eigenvalue weighted by molar-refractivity contribution is 0.155. The van der Waals surface area contributed by atoms with Crippen LogP contribution in [0.1, 0.15) is 18.0 Å². The van der Waals surface area contributed by atoms with E-state index in [1.165, 1.54) is 0 Å². The highest BCUT2D eigenvalue weighted by Gasteiger charge is 2.23. The second kappa shape index (κ2) is 5.98. The molecule has 1 aromatic carbocycles. The smallest absolute Gasteiger partial charge is 0.120 e. The Morgan fingerprint density at radius 1 is 1.29 bits per heavy atom. The van der Waals surface area contributed by atoms with E-state index in [0.717, 1.165) is 31.7 Å². The van der Waals surface area contributed by atoms with Gasteiger partial charge in [0.2, 0.25) is 0 Å². The molecule has 0 aromatic heterocycles. The minimum absolute atomic E-state index is 0.0108. The van der Waals surface area contributed by atoms with Crippen molar-refractivity contribution in [1.82, 2.24) is 10.2 Å². The molecule has 94 valence electrons. The fourth-order valence-corrected chi connectivity index (χ4v) is 2.40. The largest absolute Gasteiger partial charge is 0.508 e. The minimum atomic E-state index is -0.358. The minimum Gasteiger partial charge on any atom is -0.508 e. The van der Waals surface area contributed by atoms with E-state index in [4.69, 9.17) is 0 Å². The number of hydrogen-bond donors (Lipinski definition) is 2. The lowest BCUT2D eigenvalue weighted by atomic mass is 10.0. The standard InChI is InChI=1S/C13H19FN2O/c14-6-5-12(16-9-7-15-8-10-16)11-3-1-2-4-13(11)17/h1-4,12,15,17H,5-10H2/t12-/m1/s1. The number of phenolic OH excluding ortho intramolecular Hbond substituents is 1. The van der Waals surface area contributed by atoms with Crippen LogP contribution >= 0.6 is 0 Å². The zero-order valence-corrected chi connectivity index (χ0v) is 9.90. The summed E-state index contributed by atoms with van der Waals surface area (Å²) in [6.45, 7) is 3.30. The van der Waals surface area contributed by atoms with Crippen LogP contribution in [0, 0.1) is 0 Å². The highest BCUT2D eigenvalue weighted by atomic mass is 19.1. The molecule has 0 saturated carbocycles. The van der Waals surface area contributed by atoms with Crippen molar-refractivity contribution in [3.05, 3.63) is 29.8 Å². The van der Waals surface area contributed by atoms with Gasteiger partial charge in [-0.15, -0.1) is 0 Å². The molecule has 1 aliphatic rings. The first-order chi connectivity index (χ1) is 8.33. The second-order valence-corrected chi connectivity index (χ2v) is 4.34. The molecular weight excluding hydrogens is 219 g/mol. The van der Waals surface area contributed by atoms with Crippen molar-refractivity contribution in [3.63, 3.8) is 0 Å². The van der Waals surface area contributed by atoms with Crippen molar-refractivity contribution in [2.24, 2.45) is 0 Å². The molecule has 1 atom stereocenters. The van der Waals surface area contributed by atoms with Gasteiger partial charge in [0.25, 0.3) is 0 Å². The Labute approximate surface area is 101 Å². The van der Waals surface area contributed by atoms with Gasteiger partial charge in [0.15, 0.2) is 0 Å². The summed E-state index contributed by atoms with van der Waals surface area (Å²) in [5.74, 6) is 0.268. The van der Waals surface area contributed by atoms with E-state index in [-0.39, 0.29) is 18.5 Å². The van der Waals surface area contributed by atoms with Crippen molar-refractivity contribution in [2.75, 3.05) is 32.9 Å². The van der Waals surface area contributed by atoms with Gasteiger partial charge in [-0.3, -0.25) is 9.29 Å². The van der Waals surface area contributed by atoms with E-state index in [9.17, 15) is 9.50 Å². The zero-order valence-electron chi connectivity index (χ0n) is 9.90. The third-order valence-electron chi connectivity index (χ3n) is 3.27. The first-order valence-electron chi connectivity index (χ1n) is 6.11. The van der Waals surface area contributed by atoms with Crippen LogP contribution in [0.3, 0.4) is 0 Å². The Balaban J connectivity index is 2.18. The maximum absolute atomic E-state index is 12.7. The van der Waals surface area contributed by atoms with Crippen LogP contribution in [0.4, 0.5) is 4.39 Å². The number of alkyl halides is 1. The number of aromatic hydroxyl groups is 1. The average Bonchev–Trinajstić information content (AvgIpc) is 2.38. The monoisotopic (exact) mass is 238 g/mol. The molecule has 3 nitrogen and oxygen atoms in total. The number of nitrogens with zero attached hydrogens (tertiary/aromatic N) is 1. The van der Waals surface area contributed by atoms with Crippen molar-refractivity contribution in [1.29, 1.82) is 0 Å². The number of benzene rings is 1. The number of phenols is 1. The zero-order chi connectivity index (χ0) is 12.1. The molecule has 1 saturated heterocycles. The van der Waals surface area contributed by atoms with Gasteiger partial charge in [-0.1, -0.05) is 18.2 Å². The predicted octanol–water partition coefficient (Wildman–Crippen LogP) is 1.70. The van der Waals surface area contributed by atoms with Crippen molar-refractivity contribution < 1.29 is 9.50 Å². The number of piperazine rings is 1. The van der Waals surface area contributed by atoms with E-state index in [1.807, 2.05) is 12.1 Å². The molecule has 1 aliphatic heterocycles. The Hall–Kier alpha value is -1.13. The number of halogens is 1. The van der Waals surface area contributed by atoms with Gasteiger partial charge < -0.3 is 10.4 Å². The summed E-state index contributed by atoms with van der Waals surface area (Å²) in [5, 5.41) is 13.2. The molecule has 0 amide bonds. The molecule has 0 radical (unpaired) electrons. The maximum Gasteiger partial charge on any atom is 0.120 e. The lowest BCUT2D eigenvalue weighted by Gasteiger charge is -2.35. The van der Waals surface area contributed by atoms with Crippen molar-refractivity contribution >= 4 is 0 Å². The van der Waals surface area contributed by atoms with Gasteiger partial charge in [0.05, 0.1) is 6.67 Å². The summed E-state index contributed by atoms with van der Waals surface area (Å²) in [6.07, 6.45) is 0.442. The van der Waals surface area contributed by atoms with Gasteiger partial charge in [0, 0.05) is 37.8 Å². The molecule has 2 N–H and O–H groups in total. The molecule has 0 spiro atoms. The molecule has 0 bridgehead atoms. The number of rotatable bonds is 4. The van der Waals surface area contributed by atoms with Crippen LogP contribution in [0.15, 0.2) is 24.3 Å². The van der Waals surface area contributed by atoms with Gasteiger partial charge >= 0.3 is 0 Å². The Kier molecular flexibility index (Phi) is 4.34. The summed E-state index contributed by atoms with van der Waals surface area (Å²) in [4.78, 5) is 2.24. The fourth-order valence-electron chi connectivity index (χ4n) is 2.40. The van der Waals surface area contributed by atoms with Crippen LogP contribution in [-0.2, 0) is 0 Å². The Morgan fingerprint density at radius 3 is 2.65 bits per heavy atom. The van der Waals surface area contributed by atoms with Gasteiger partial charge in [-0.25, -0.2) is 0 Å². The SMILES string of the molecule is Oc1ccccc1[C@@H](CCF)N1CCNCC1.